The van der Waals surface area contributed by atoms with Crippen LogP contribution < -0.4 is 0 Å². The lowest BCUT2D eigenvalue weighted by Gasteiger charge is -2.02. The molecule has 0 bridgehead atoms. The summed E-state index contributed by atoms with van der Waals surface area (Å²) in [6.07, 6.45) is 2.38. The summed E-state index contributed by atoms with van der Waals surface area (Å²) in [4.78, 5) is 11.6. The van der Waals surface area contributed by atoms with E-state index in [9.17, 15) is 4.79 Å². The average Bonchev–Trinajstić information content (AvgIpc) is 2.80. The highest BCUT2D eigenvalue weighted by Crippen LogP contribution is 2.36. The van der Waals surface area contributed by atoms with Gasteiger partial charge in [0, 0.05) is 13.0 Å². The smallest absolute Gasteiger partial charge is 0.267 e. The Morgan fingerprint density at radius 3 is 2.54 bits per heavy atom. The van der Waals surface area contributed by atoms with Gasteiger partial charge in [-0.15, -0.1) is 0 Å². The van der Waals surface area contributed by atoms with Crippen LogP contribution in [0.3, 0.4) is 0 Å². The minimum absolute atomic E-state index is 0.0573. The van der Waals surface area contributed by atoms with Crippen molar-refractivity contribution in [3.05, 3.63) is 11.1 Å². The van der Waals surface area contributed by atoms with Gasteiger partial charge in [0.05, 0.1) is 11.3 Å². The van der Waals surface area contributed by atoms with Crippen LogP contribution in [0, 0.1) is 5.92 Å². The van der Waals surface area contributed by atoms with Crippen molar-refractivity contribution in [2.75, 3.05) is 7.05 Å². The predicted octanol–water partition coefficient (Wildman–Crippen LogP) is 1.56. The Balaban J connectivity index is 2.39. The molecule has 0 N–H and O–H groups in total. The van der Waals surface area contributed by atoms with Crippen molar-refractivity contribution in [2.45, 2.75) is 26.7 Å². The molecule has 1 fully saturated rings. The first-order chi connectivity index (χ1) is 6.11. The molecular formula is C10H14N2O. The van der Waals surface area contributed by atoms with E-state index in [2.05, 4.69) is 5.10 Å². The van der Waals surface area contributed by atoms with Crippen LogP contribution in [0.4, 0.5) is 0 Å². The van der Waals surface area contributed by atoms with Crippen LogP contribution in [0.1, 0.15) is 26.7 Å². The van der Waals surface area contributed by atoms with Gasteiger partial charge in [-0.3, -0.25) is 4.79 Å². The maximum atomic E-state index is 11.6. The normalized spacial score (nSPS) is 22.4. The minimum atomic E-state index is 0.0573. The Labute approximate surface area is 78.1 Å². The molecule has 1 aliphatic carbocycles. The number of hydrogen-bond acceptors (Lipinski definition) is 2. The van der Waals surface area contributed by atoms with E-state index >= 15 is 0 Å². The molecule has 0 aromatic rings. The second-order valence-electron chi connectivity index (χ2n) is 3.96. The minimum Gasteiger partial charge on any atom is -0.267 e. The first-order valence-electron chi connectivity index (χ1n) is 4.65. The van der Waals surface area contributed by atoms with E-state index in [4.69, 9.17) is 0 Å². The van der Waals surface area contributed by atoms with Crippen LogP contribution in [-0.2, 0) is 4.79 Å². The first-order valence-corrected chi connectivity index (χ1v) is 4.65. The summed E-state index contributed by atoms with van der Waals surface area (Å²) in [5.41, 5.74) is 2.96. The number of carbonyl (C=O) groups is 1. The molecule has 2 aliphatic rings. The molecule has 0 saturated heterocycles. The largest absolute Gasteiger partial charge is 0.275 e. The SMILES string of the molecule is CC(C)=C1C(=O)N(C)N=C1C1CC1. The molecule has 0 aromatic carbocycles. The summed E-state index contributed by atoms with van der Waals surface area (Å²) < 4.78 is 0. The summed E-state index contributed by atoms with van der Waals surface area (Å²) in [5, 5.41) is 5.73. The van der Waals surface area contributed by atoms with Gasteiger partial charge in [0.15, 0.2) is 0 Å². The zero-order chi connectivity index (χ0) is 9.59. The zero-order valence-corrected chi connectivity index (χ0v) is 8.29. The second kappa shape index (κ2) is 2.69. The lowest BCUT2D eigenvalue weighted by molar-refractivity contribution is -0.124. The molecular weight excluding hydrogens is 164 g/mol. The summed E-state index contributed by atoms with van der Waals surface area (Å²) >= 11 is 0. The molecule has 1 amide bonds. The molecule has 0 unspecified atom stereocenters. The van der Waals surface area contributed by atoms with Gasteiger partial charge in [-0.2, -0.15) is 5.10 Å². The van der Waals surface area contributed by atoms with Gasteiger partial charge in [-0.05, 0) is 26.7 Å². The summed E-state index contributed by atoms with van der Waals surface area (Å²) in [5.74, 6) is 0.612. The summed E-state index contributed by atoms with van der Waals surface area (Å²) in [7, 11) is 1.72. The Morgan fingerprint density at radius 2 is 2.08 bits per heavy atom. The standard InChI is InChI=1S/C10H14N2O/c1-6(2)8-9(7-4-5-7)11-12(3)10(8)13/h7H,4-5H2,1-3H3. The molecule has 1 saturated carbocycles. The quantitative estimate of drug-likeness (QED) is 0.561. The third kappa shape index (κ3) is 1.28. The molecule has 0 spiro atoms. The number of nitrogens with zero attached hydrogens (tertiary/aromatic N) is 2. The molecule has 1 aliphatic heterocycles. The topological polar surface area (TPSA) is 32.7 Å². The fraction of sp³-hybridized carbons (Fsp3) is 0.600. The van der Waals surface area contributed by atoms with Gasteiger partial charge in [0.1, 0.15) is 0 Å². The van der Waals surface area contributed by atoms with Crippen molar-refractivity contribution in [3.63, 3.8) is 0 Å². The van der Waals surface area contributed by atoms with E-state index in [0.717, 1.165) is 16.9 Å². The number of hydrogen-bond donors (Lipinski definition) is 0. The van der Waals surface area contributed by atoms with Gasteiger partial charge < -0.3 is 0 Å². The Bertz CT molecular complexity index is 320. The number of rotatable bonds is 1. The van der Waals surface area contributed by atoms with Crippen LogP contribution in [0.15, 0.2) is 16.2 Å². The number of hydrazone groups is 1. The third-order valence-electron chi connectivity index (χ3n) is 2.49. The van der Waals surface area contributed by atoms with Crippen LogP contribution in [0.25, 0.3) is 0 Å². The van der Waals surface area contributed by atoms with Crippen molar-refractivity contribution in [1.82, 2.24) is 5.01 Å². The fourth-order valence-corrected chi connectivity index (χ4v) is 1.64. The molecule has 3 heteroatoms. The summed E-state index contributed by atoms with van der Waals surface area (Å²) in [6, 6.07) is 0. The fourth-order valence-electron chi connectivity index (χ4n) is 1.64. The lowest BCUT2D eigenvalue weighted by atomic mass is 10.0. The number of carbonyl (C=O) groups excluding carboxylic acids is 1. The van der Waals surface area contributed by atoms with Crippen molar-refractivity contribution in [1.29, 1.82) is 0 Å². The van der Waals surface area contributed by atoms with E-state index in [-0.39, 0.29) is 5.91 Å². The molecule has 0 atom stereocenters. The van der Waals surface area contributed by atoms with E-state index in [1.54, 1.807) is 7.05 Å². The van der Waals surface area contributed by atoms with Crippen LogP contribution in [-0.4, -0.2) is 23.7 Å². The molecule has 13 heavy (non-hydrogen) atoms. The Morgan fingerprint density at radius 1 is 1.46 bits per heavy atom. The van der Waals surface area contributed by atoms with E-state index in [1.807, 2.05) is 13.8 Å². The van der Waals surface area contributed by atoms with Crippen molar-refractivity contribution in [2.24, 2.45) is 11.0 Å². The van der Waals surface area contributed by atoms with E-state index in [1.165, 1.54) is 17.9 Å². The van der Waals surface area contributed by atoms with Gasteiger partial charge >= 0.3 is 0 Å². The van der Waals surface area contributed by atoms with Gasteiger partial charge in [0.25, 0.3) is 5.91 Å². The Kier molecular flexibility index (Phi) is 1.75. The molecule has 1 heterocycles. The van der Waals surface area contributed by atoms with Crippen molar-refractivity contribution in [3.8, 4) is 0 Å². The molecule has 2 rings (SSSR count). The van der Waals surface area contributed by atoms with Gasteiger partial charge in [-0.1, -0.05) is 5.57 Å². The predicted molar refractivity (Wildman–Crippen MR) is 51.3 cm³/mol. The molecule has 0 aromatic heterocycles. The van der Waals surface area contributed by atoms with Gasteiger partial charge in [0.2, 0.25) is 0 Å². The van der Waals surface area contributed by atoms with E-state index < -0.39 is 0 Å². The first kappa shape index (κ1) is 8.48. The molecule has 3 nitrogen and oxygen atoms in total. The van der Waals surface area contributed by atoms with Gasteiger partial charge in [-0.25, -0.2) is 5.01 Å². The molecule has 70 valence electrons. The number of likely N-dealkylation sites (N-methyl/N-ethyl adjacent to an activating group) is 1. The monoisotopic (exact) mass is 178 g/mol. The Hall–Kier alpha value is -1.12. The van der Waals surface area contributed by atoms with Crippen LogP contribution in [0.5, 0.6) is 0 Å². The second-order valence-corrected chi connectivity index (χ2v) is 3.96. The van der Waals surface area contributed by atoms with Crippen LogP contribution >= 0.6 is 0 Å². The average molecular weight is 178 g/mol. The third-order valence-corrected chi connectivity index (χ3v) is 2.49. The number of allylic oxidation sites excluding steroid dienone is 1. The highest BCUT2D eigenvalue weighted by molar-refractivity contribution is 6.26. The zero-order valence-electron chi connectivity index (χ0n) is 8.29. The highest BCUT2D eigenvalue weighted by Gasteiger charge is 2.38. The highest BCUT2D eigenvalue weighted by atomic mass is 16.2. The van der Waals surface area contributed by atoms with Crippen molar-refractivity contribution >= 4 is 11.6 Å². The lowest BCUT2D eigenvalue weighted by Crippen LogP contribution is -2.18. The maximum absolute atomic E-state index is 11.6. The summed E-state index contributed by atoms with van der Waals surface area (Å²) in [6.45, 7) is 3.95. The molecule has 0 radical (unpaired) electrons. The van der Waals surface area contributed by atoms with Crippen molar-refractivity contribution < 1.29 is 4.79 Å². The van der Waals surface area contributed by atoms with Crippen LogP contribution in [0.2, 0.25) is 0 Å². The number of amides is 1. The maximum Gasteiger partial charge on any atom is 0.275 e. The van der Waals surface area contributed by atoms with E-state index in [0.29, 0.717) is 5.92 Å².